The fraction of sp³-hybridized carbons (Fsp3) is 0.667. The van der Waals surface area contributed by atoms with Crippen LogP contribution < -0.4 is 16.0 Å². The number of aliphatic imine (C=N–C) groups is 1. The molecule has 0 bridgehead atoms. The molecule has 3 N–H and O–H groups in total. The summed E-state index contributed by atoms with van der Waals surface area (Å²) in [5, 5.41) is 8.97. The highest BCUT2D eigenvalue weighted by Gasteiger charge is 2.13. The summed E-state index contributed by atoms with van der Waals surface area (Å²) in [6.07, 6.45) is 9.28. The first kappa shape index (κ1) is 22.8. The molecule has 1 heterocycles. The Hall–Kier alpha value is -1.29. The highest BCUT2D eigenvalue weighted by Crippen LogP contribution is 2.20. The summed E-state index contributed by atoms with van der Waals surface area (Å²) in [4.78, 5) is 15.9. The van der Waals surface area contributed by atoms with E-state index in [2.05, 4.69) is 20.9 Å². The van der Waals surface area contributed by atoms with Crippen molar-refractivity contribution in [2.24, 2.45) is 4.99 Å². The summed E-state index contributed by atoms with van der Waals surface area (Å²) in [6, 6.07) is 3.62. The second kappa shape index (κ2) is 13.9. The minimum atomic E-state index is -0.111. The van der Waals surface area contributed by atoms with Crippen LogP contribution in [0.5, 0.6) is 0 Å². The van der Waals surface area contributed by atoms with Crippen molar-refractivity contribution in [1.82, 2.24) is 16.0 Å². The SMILES string of the molecule is CN=C(NCCCOC1CCCCC1)NCC(=O)NCc1ccco1.I. The number of furan rings is 1. The van der Waals surface area contributed by atoms with Gasteiger partial charge in [-0.05, 0) is 31.4 Å². The quantitative estimate of drug-likeness (QED) is 0.220. The number of carbonyl (C=O) groups excluding carboxylic acids is 1. The van der Waals surface area contributed by atoms with Gasteiger partial charge in [-0.2, -0.15) is 0 Å². The second-order valence-corrected chi connectivity index (χ2v) is 6.19. The van der Waals surface area contributed by atoms with Crippen molar-refractivity contribution >= 4 is 35.8 Å². The van der Waals surface area contributed by atoms with Gasteiger partial charge in [-0.25, -0.2) is 0 Å². The zero-order valence-corrected chi connectivity index (χ0v) is 17.8. The number of carbonyl (C=O) groups is 1. The third-order valence-corrected chi connectivity index (χ3v) is 4.20. The van der Waals surface area contributed by atoms with E-state index >= 15 is 0 Å². The molecule has 0 aromatic carbocycles. The lowest BCUT2D eigenvalue weighted by Crippen LogP contribution is -2.43. The Kier molecular flexibility index (Phi) is 12.1. The first-order valence-corrected chi connectivity index (χ1v) is 9.13. The number of nitrogens with zero attached hydrogens (tertiary/aromatic N) is 1. The van der Waals surface area contributed by atoms with Gasteiger partial charge in [-0.3, -0.25) is 9.79 Å². The minimum Gasteiger partial charge on any atom is -0.467 e. The van der Waals surface area contributed by atoms with E-state index in [9.17, 15) is 4.79 Å². The van der Waals surface area contributed by atoms with E-state index in [4.69, 9.17) is 9.15 Å². The Morgan fingerprint density at radius 1 is 1.27 bits per heavy atom. The molecule has 1 saturated carbocycles. The lowest BCUT2D eigenvalue weighted by molar-refractivity contribution is -0.120. The molecule has 1 fully saturated rings. The van der Waals surface area contributed by atoms with E-state index in [0.717, 1.165) is 25.3 Å². The monoisotopic (exact) mass is 478 g/mol. The lowest BCUT2D eigenvalue weighted by atomic mass is 9.98. The molecule has 1 aromatic rings. The van der Waals surface area contributed by atoms with Crippen molar-refractivity contribution < 1.29 is 13.9 Å². The van der Waals surface area contributed by atoms with Gasteiger partial charge in [-0.1, -0.05) is 19.3 Å². The maximum Gasteiger partial charge on any atom is 0.239 e. The van der Waals surface area contributed by atoms with Gasteiger partial charge in [0.15, 0.2) is 5.96 Å². The van der Waals surface area contributed by atoms with Gasteiger partial charge >= 0.3 is 0 Å². The number of amides is 1. The van der Waals surface area contributed by atoms with Crippen LogP contribution in [0, 0.1) is 0 Å². The number of nitrogens with one attached hydrogen (secondary N) is 3. The predicted octanol–water partition coefficient (Wildman–Crippen LogP) is 2.42. The molecule has 26 heavy (non-hydrogen) atoms. The number of hydrogen-bond donors (Lipinski definition) is 3. The Morgan fingerprint density at radius 2 is 2.08 bits per heavy atom. The van der Waals surface area contributed by atoms with Crippen LogP contribution in [-0.4, -0.2) is 44.7 Å². The molecule has 148 valence electrons. The van der Waals surface area contributed by atoms with Gasteiger partial charge in [-0.15, -0.1) is 24.0 Å². The summed E-state index contributed by atoms with van der Waals surface area (Å²) < 4.78 is 11.1. The van der Waals surface area contributed by atoms with Crippen LogP contribution in [0.25, 0.3) is 0 Å². The molecule has 0 aliphatic heterocycles. The molecule has 7 nitrogen and oxygen atoms in total. The van der Waals surface area contributed by atoms with Crippen LogP contribution in [-0.2, 0) is 16.1 Å². The fourth-order valence-corrected chi connectivity index (χ4v) is 2.81. The minimum absolute atomic E-state index is 0. The molecular weight excluding hydrogens is 447 g/mol. The average Bonchev–Trinajstić information content (AvgIpc) is 3.16. The van der Waals surface area contributed by atoms with E-state index in [-0.39, 0.29) is 36.4 Å². The normalized spacial score (nSPS) is 15.2. The van der Waals surface area contributed by atoms with Crippen LogP contribution in [0.2, 0.25) is 0 Å². The highest BCUT2D eigenvalue weighted by molar-refractivity contribution is 14.0. The van der Waals surface area contributed by atoms with Crippen LogP contribution in [0.1, 0.15) is 44.3 Å². The Morgan fingerprint density at radius 3 is 2.77 bits per heavy atom. The fourth-order valence-electron chi connectivity index (χ4n) is 2.81. The molecular formula is C18H31IN4O3. The van der Waals surface area contributed by atoms with E-state index in [1.807, 2.05) is 6.07 Å². The average molecular weight is 478 g/mol. The number of rotatable bonds is 9. The predicted molar refractivity (Wildman–Crippen MR) is 113 cm³/mol. The van der Waals surface area contributed by atoms with E-state index in [0.29, 0.717) is 18.6 Å². The number of ether oxygens (including phenoxy) is 1. The standard InChI is InChI=1S/C18H30N4O3.HI/c1-19-18(20-10-6-12-24-15-7-3-2-4-8-15)22-14-17(23)21-13-16-9-5-11-25-16;/h5,9,11,15H,2-4,6-8,10,12-14H2,1H3,(H,21,23)(H2,19,20,22);1H. The largest absolute Gasteiger partial charge is 0.467 e. The second-order valence-electron chi connectivity index (χ2n) is 6.19. The first-order chi connectivity index (χ1) is 12.3. The van der Waals surface area contributed by atoms with E-state index in [1.165, 1.54) is 32.1 Å². The summed E-state index contributed by atoms with van der Waals surface area (Å²) >= 11 is 0. The van der Waals surface area contributed by atoms with Gasteiger partial charge in [0.2, 0.25) is 5.91 Å². The molecule has 0 atom stereocenters. The highest BCUT2D eigenvalue weighted by atomic mass is 127. The molecule has 1 aromatic heterocycles. The van der Waals surface area contributed by atoms with Crippen molar-refractivity contribution in [3.05, 3.63) is 24.2 Å². The van der Waals surface area contributed by atoms with Crippen molar-refractivity contribution in [3.8, 4) is 0 Å². The number of halogens is 1. The Bertz CT molecular complexity index is 517. The molecule has 8 heteroatoms. The zero-order chi connectivity index (χ0) is 17.7. The molecule has 1 aliphatic rings. The Balaban J connectivity index is 0.00000338. The molecule has 1 aliphatic carbocycles. The summed E-state index contributed by atoms with van der Waals surface area (Å²) in [5.41, 5.74) is 0. The molecule has 2 rings (SSSR count). The molecule has 1 amide bonds. The molecule has 0 spiro atoms. The zero-order valence-electron chi connectivity index (χ0n) is 15.5. The van der Waals surface area contributed by atoms with Crippen molar-refractivity contribution in [2.45, 2.75) is 51.2 Å². The van der Waals surface area contributed by atoms with Gasteiger partial charge in [0.1, 0.15) is 5.76 Å². The third kappa shape index (κ3) is 9.42. The van der Waals surface area contributed by atoms with Gasteiger partial charge < -0.3 is 25.1 Å². The van der Waals surface area contributed by atoms with Gasteiger partial charge in [0, 0.05) is 20.2 Å². The number of hydrogen-bond acceptors (Lipinski definition) is 4. The van der Waals surface area contributed by atoms with Crippen molar-refractivity contribution in [1.29, 1.82) is 0 Å². The maximum atomic E-state index is 11.8. The third-order valence-electron chi connectivity index (χ3n) is 4.20. The van der Waals surface area contributed by atoms with Crippen LogP contribution in [0.3, 0.4) is 0 Å². The van der Waals surface area contributed by atoms with Gasteiger partial charge in [0.25, 0.3) is 0 Å². The topological polar surface area (TPSA) is 87.9 Å². The maximum absolute atomic E-state index is 11.8. The molecule has 0 unspecified atom stereocenters. The van der Waals surface area contributed by atoms with E-state index in [1.54, 1.807) is 19.4 Å². The summed E-state index contributed by atoms with van der Waals surface area (Å²) in [7, 11) is 1.69. The first-order valence-electron chi connectivity index (χ1n) is 9.13. The van der Waals surface area contributed by atoms with Crippen molar-refractivity contribution in [2.75, 3.05) is 26.7 Å². The summed E-state index contributed by atoms with van der Waals surface area (Å²) in [6.45, 7) is 2.08. The van der Waals surface area contributed by atoms with Crippen LogP contribution in [0.15, 0.2) is 27.8 Å². The lowest BCUT2D eigenvalue weighted by Gasteiger charge is -2.22. The Labute approximate surface area is 172 Å². The molecule has 0 radical (unpaired) electrons. The molecule has 0 saturated heterocycles. The van der Waals surface area contributed by atoms with Gasteiger partial charge in [0.05, 0.1) is 25.5 Å². The van der Waals surface area contributed by atoms with Crippen LogP contribution in [0.4, 0.5) is 0 Å². The number of guanidine groups is 1. The van der Waals surface area contributed by atoms with E-state index < -0.39 is 0 Å². The van der Waals surface area contributed by atoms with Crippen molar-refractivity contribution in [3.63, 3.8) is 0 Å². The van der Waals surface area contributed by atoms with Crippen LogP contribution >= 0.6 is 24.0 Å². The smallest absolute Gasteiger partial charge is 0.239 e. The summed E-state index contributed by atoms with van der Waals surface area (Å²) in [5.74, 6) is 1.24.